The minimum Gasteiger partial charge on any atom is -0.459 e. The first-order valence-electron chi connectivity index (χ1n) is 7.00. The van der Waals surface area contributed by atoms with Crippen molar-refractivity contribution in [2.45, 2.75) is 26.3 Å². The monoisotopic (exact) mass is 317 g/mol. The Labute approximate surface area is 132 Å². The van der Waals surface area contributed by atoms with Crippen LogP contribution in [0, 0.1) is 6.92 Å². The van der Waals surface area contributed by atoms with Gasteiger partial charge in [-0.15, -0.1) is 0 Å². The van der Waals surface area contributed by atoms with Crippen molar-refractivity contribution in [3.63, 3.8) is 0 Å². The summed E-state index contributed by atoms with van der Waals surface area (Å²) in [5.74, 6) is 1.28. The molecule has 1 atom stereocenters. The third-order valence-electron chi connectivity index (χ3n) is 3.53. The number of hydrogen-bond acceptors (Lipinski definition) is 6. The molecule has 1 unspecified atom stereocenters. The Morgan fingerprint density at radius 2 is 2.05 bits per heavy atom. The molecule has 0 aliphatic carbocycles. The molecule has 7 heteroatoms. The number of benzene rings is 1. The van der Waals surface area contributed by atoms with E-state index in [1.165, 1.54) is 0 Å². The van der Waals surface area contributed by atoms with Gasteiger partial charge in [0.1, 0.15) is 11.3 Å². The molecule has 3 N–H and O–H groups in total. The lowest BCUT2D eigenvalue weighted by molar-refractivity contribution is 0.499. The van der Waals surface area contributed by atoms with Crippen molar-refractivity contribution in [3.05, 3.63) is 40.9 Å². The number of rotatable bonds is 4. The van der Waals surface area contributed by atoms with Crippen LogP contribution in [-0.4, -0.2) is 15.0 Å². The summed E-state index contributed by atoms with van der Waals surface area (Å²) in [6, 6.07) is 7.87. The maximum Gasteiger partial charge on any atom is 0.229 e. The number of furan rings is 1. The molecule has 0 amide bonds. The fraction of sp³-hybridized carbons (Fsp3) is 0.267. The smallest absolute Gasteiger partial charge is 0.229 e. The summed E-state index contributed by atoms with van der Waals surface area (Å²) in [6.45, 7) is 4.09. The molecule has 0 aliphatic heterocycles. The predicted octanol–water partition coefficient (Wildman–Crippen LogP) is 3.73. The lowest BCUT2D eigenvalue weighted by Crippen LogP contribution is -2.13. The fourth-order valence-electron chi connectivity index (χ4n) is 2.46. The quantitative estimate of drug-likeness (QED) is 0.762. The van der Waals surface area contributed by atoms with Crippen LogP contribution < -0.4 is 11.1 Å². The van der Waals surface area contributed by atoms with Gasteiger partial charge in [-0.2, -0.15) is 15.0 Å². The Balaban J connectivity index is 1.97. The molecule has 0 aliphatic rings. The van der Waals surface area contributed by atoms with E-state index in [4.69, 9.17) is 21.8 Å². The molecule has 3 rings (SSSR count). The number of nitrogens with two attached hydrogens (primary N) is 1. The lowest BCUT2D eigenvalue weighted by Gasteiger charge is -2.15. The standard InChI is InChI=1S/C15H16ClN5O/c1-3-10(18-15-20-13(16)19-14(17)21-15)12-8(2)9-6-4-5-7-11(9)22-12/h4-7,10H,3H2,1-2H3,(H3,17,18,19,20,21). The number of nitrogen functional groups attached to an aromatic ring is 1. The number of hydrogen-bond donors (Lipinski definition) is 2. The summed E-state index contributed by atoms with van der Waals surface area (Å²) in [5.41, 5.74) is 7.56. The summed E-state index contributed by atoms with van der Waals surface area (Å²) >= 11 is 5.81. The molecule has 6 nitrogen and oxygen atoms in total. The van der Waals surface area contributed by atoms with Gasteiger partial charge in [0.15, 0.2) is 0 Å². The molecule has 2 aromatic heterocycles. The number of aromatic nitrogens is 3. The first-order chi connectivity index (χ1) is 10.6. The number of para-hydroxylation sites is 1. The first-order valence-corrected chi connectivity index (χ1v) is 7.38. The van der Waals surface area contributed by atoms with Crippen molar-refractivity contribution in [3.8, 4) is 0 Å². The highest BCUT2D eigenvalue weighted by atomic mass is 35.5. The Morgan fingerprint density at radius 1 is 1.27 bits per heavy atom. The zero-order chi connectivity index (χ0) is 15.7. The number of aryl methyl sites for hydroxylation is 1. The molecule has 0 bridgehead atoms. The van der Waals surface area contributed by atoms with Crippen molar-refractivity contribution in [1.82, 2.24) is 15.0 Å². The summed E-state index contributed by atoms with van der Waals surface area (Å²) < 4.78 is 5.99. The highest BCUT2D eigenvalue weighted by Gasteiger charge is 2.20. The van der Waals surface area contributed by atoms with Crippen molar-refractivity contribution in [2.75, 3.05) is 11.1 Å². The van der Waals surface area contributed by atoms with Crippen LogP contribution in [-0.2, 0) is 0 Å². The normalized spacial score (nSPS) is 12.5. The summed E-state index contributed by atoms with van der Waals surface area (Å²) in [6.07, 6.45) is 0.796. The van der Waals surface area contributed by atoms with E-state index >= 15 is 0 Å². The van der Waals surface area contributed by atoms with E-state index in [1.807, 2.05) is 31.2 Å². The topological polar surface area (TPSA) is 89.9 Å². The van der Waals surface area contributed by atoms with Gasteiger partial charge < -0.3 is 15.5 Å². The van der Waals surface area contributed by atoms with Gasteiger partial charge in [-0.25, -0.2) is 0 Å². The highest BCUT2D eigenvalue weighted by Crippen LogP contribution is 2.32. The Bertz CT molecular complexity index is 797. The van der Waals surface area contributed by atoms with Gasteiger partial charge in [-0.05, 0) is 31.0 Å². The van der Waals surface area contributed by atoms with Gasteiger partial charge in [0.05, 0.1) is 6.04 Å². The Morgan fingerprint density at radius 3 is 2.73 bits per heavy atom. The molecule has 2 heterocycles. The lowest BCUT2D eigenvalue weighted by atomic mass is 10.1. The SMILES string of the molecule is CCC(Nc1nc(N)nc(Cl)n1)c1oc2ccccc2c1C. The maximum absolute atomic E-state index is 5.99. The zero-order valence-electron chi connectivity index (χ0n) is 12.3. The Hall–Kier alpha value is -2.34. The Kier molecular flexibility index (Phi) is 3.85. The van der Waals surface area contributed by atoms with Crippen molar-refractivity contribution >= 4 is 34.5 Å². The van der Waals surface area contributed by atoms with Crippen LogP contribution in [0.2, 0.25) is 5.28 Å². The van der Waals surface area contributed by atoms with E-state index in [-0.39, 0.29) is 17.3 Å². The number of fused-ring (bicyclic) bond motifs is 1. The summed E-state index contributed by atoms with van der Waals surface area (Å²) in [7, 11) is 0. The van der Waals surface area contributed by atoms with Crippen LogP contribution in [0.1, 0.15) is 30.7 Å². The average molecular weight is 318 g/mol. The molecular formula is C15H16ClN5O. The number of nitrogens with zero attached hydrogens (tertiary/aromatic N) is 3. The third kappa shape index (κ3) is 2.69. The molecule has 22 heavy (non-hydrogen) atoms. The van der Waals surface area contributed by atoms with Gasteiger partial charge >= 0.3 is 0 Å². The predicted molar refractivity (Wildman–Crippen MR) is 86.9 cm³/mol. The van der Waals surface area contributed by atoms with E-state index in [2.05, 4.69) is 27.2 Å². The van der Waals surface area contributed by atoms with Gasteiger partial charge in [0.25, 0.3) is 0 Å². The van der Waals surface area contributed by atoms with Gasteiger partial charge in [0, 0.05) is 10.9 Å². The molecule has 0 spiro atoms. The van der Waals surface area contributed by atoms with E-state index in [1.54, 1.807) is 0 Å². The first kappa shape index (κ1) is 14.6. The molecular weight excluding hydrogens is 302 g/mol. The number of nitrogens with one attached hydrogen (secondary N) is 1. The molecule has 114 valence electrons. The van der Waals surface area contributed by atoms with Crippen LogP contribution in [0.25, 0.3) is 11.0 Å². The second kappa shape index (κ2) is 5.81. The fourth-order valence-corrected chi connectivity index (χ4v) is 2.63. The van der Waals surface area contributed by atoms with E-state index in [0.717, 1.165) is 28.7 Å². The average Bonchev–Trinajstić information content (AvgIpc) is 2.81. The molecule has 0 fully saturated rings. The largest absolute Gasteiger partial charge is 0.459 e. The van der Waals surface area contributed by atoms with Crippen LogP contribution >= 0.6 is 11.6 Å². The van der Waals surface area contributed by atoms with E-state index in [9.17, 15) is 0 Å². The van der Waals surface area contributed by atoms with Gasteiger partial charge in [0.2, 0.25) is 17.2 Å². The minimum absolute atomic E-state index is 0.0613. The molecule has 1 aromatic carbocycles. The second-order valence-corrected chi connectivity index (χ2v) is 5.32. The number of anilines is 2. The highest BCUT2D eigenvalue weighted by molar-refractivity contribution is 6.28. The molecule has 3 aromatic rings. The van der Waals surface area contributed by atoms with Gasteiger partial charge in [-0.1, -0.05) is 25.1 Å². The van der Waals surface area contributed by atoms with Crippen molar-refractivity contribution in [2.24, 2.45) is 0 Å². The maximum atomic E-state index is 5.99. The molecule has 0 radical (unpaired) electrons. The van der Waals surface area contributed by atoms with Crippen molar-refractivity contribution < 1.29 is 4.42 Å². The van der Waals surface area contributed by atoms with Crippen LogP contribution in [0.3, 0.4) is 0 Å². The number of halogens is 1. The van der Waals surface area contributed by atoms with E-state index in [0.29, 0.717) is 5.95 Å². The van der Waals surface area contributed by atoms with Crippen LogP contribution in [0.5, 0.6) is 0 Å². The third-order valence-corrected chi connectivity index (χ3v) is 3.70. The summed E-state index contributed by atoms with van der Waals surface area (Å²) in [5, 5.41) is 4.37. The van der Waals surface area contributed by atoms with Crippen LogP contribution in [0.15, 0.2) is 28.7 Å². The van der Waals surface area contributed by atoms with Crippen molar-refractivity contribution in [1.29, 1.82) is 0 Å². The summed E-state index contributed by atoms with van der Waals surface area (Å²) in [4.78, 5) is 11.8. The molecule has 0 saturated carbocycles. The van der Waals surface area contributed by atoms with E-state index < -0.39 is 0 Å². The zero-order valence-corrected chi connectivity index (χ0v) is 13.1. The second-order valence-electron chi connectivity index (χ2n) is 4.98. The van der Waals surface area contributed by atoms with Gasteiger partial charge in [-0.3, -0.25) is 0 Å². The molecule has 0 saturated heterocycles. The van der Waals surface area contributed by atoms with Crippen LogP contribution in [0.4, 0.5) is 11.9 Å². The minimum atomic E-state index is -0.0785.